The predicted octanol–water partition coefficient (Wildman–Crippen LogP) is 1.33. The van der Waals surface area contributed by atoms with Gasteiger partial charge < -0.3 is 10.5 Å². The van der Waals surface area contributed by atoms with Gasteiger partial charge in [-0.25, -0.2) is 4.79 Å². The first-order valence-corrected chi connectivity index (χ1v) is 4.47. The molecule has 0 aromatic rings. The number of alkyl halides is 3. The van der Waals surface area contributed by atoms with Gasteiger partial charge in [0.2, 0.25) is 0 Å². The van der Waals surface area contributed by atoms with Crippen molar-refractivity contribution < 1.29 is 27.5 Å². The molecule has 0 saturated heterocycles. The second-order valence-electron chi connectivity index (χ2n) is 3.99. The number of amides is 1. The van der Waals surface area contributed by atoms with Gasteiger partial charge in [0, 0.05) is 6.54 Å². The number of halogens is 3. The van der Waals surface area contributed by atoms with Crippen LogP contribution < -0.4 is 11.2 Å². The summed E-state index contributed by atoms with van der Waals surface area (Å²) in [4.78, 5) is 15.0. The molecule has 0 aliphatic rings. The van der Waals surface area contributed by atoms with Crippen molar-refractivity contribution in [3.63, 3.8) is 0 Å². The fourth-order valence-corrected chi connectivity index (χ4v) is 0.667. The molecule has 1 amide bonds. The number of hydrogen-bond donors (Lipinski definition) is 2. The van der Waals surface area contributed by atoms with Crippen molar-refractivity contribution >= 4 is 6.09 Å². The molecule has 3 N–H and O–H groups in total. The summed E-state index contributed by atoms with van der Waals surface area (Å²) in [5.41, 5.74) is 5.56. The fourth-order valence-electron chi connectivity index (χ4n) is 0.667. The van der Waals surface area contributed by atoms with Gasteiger partial charge in [0.05, 0.1) is 0 Å². The van der Waals surface area contributed by atoms with Crippen molar-refractivity contribution in [3.8, 4) is 0 Å². The molecule has 8 heteroatoms. The number of rotatable bonds is 3. The van der Waals surface area contributed by atoms with Crippen molar-refractivity contribution in [3.05, 3.63) is 0 Å². The molecule has 0 saturated carbocycles. The van der Waals surface area contributed by atoms with Crippen LogP contribution in [0.3, 0.4) is 0 Å². The zero-order valence-corrected chi connectivity index (χ0v) is 9.22. The van der Waals surface area contributed by atoms with Gasteiger partial charge in [-0.15, -0.1) is 0 Å². The molecular formula is C8H15F3N2O3. The second kappa shape index (κ2) is 5.35. The summed E-state index contributed by atoms with van der Waals surface area (Å²) >= 11 is 0. The van der Waals surface area contributed by atoms with Gasteiger partial charge in [-0.05, 0) is 20.8 Å². The molecule has 0 rings (SSSR count). The summed E-state index contributed by atoms with van der Waals surface area (Å²) in [6.07, 6.45) is -7.99. The maximum Gasteiger partial charge on any atom is 0.431 e. The molecule has 0 radical (unpaired) electrons. The quantitative estimate of drug-likeness (QED) is 0.734. The van der Waals surface area contributed by atoms with Gasteiger partial charge >= 0.3 is 12.3 Å². The number of ether oxygens (including phenoxy) is 1. The molecule has 1 atom stereocenters. The summed E-state index contributed by atoms with van der Waals surface area (Å²) in [5, 5.41) is 0. The topological polar surface area (TPSA) is 73.6 Å². The van der Waals surface area contributed by atoms with E-state index in [0.717, 1.165) is 0 Å². The van der Waals surface area contributed by atoms with Gasteiger partial charge in [0.15, 0.2) is 6.10 Å². The molecular weight excluding hydrogens is 229 g/mol. The van der Waals surface area contributed by atoms with E-state index >= 15 is 0 Å². The van der Waals surface area contributed by atoms with Crippen molar-refractivity contribution in [1.82, 2.24) is 5.48 Å². The largest absolute Gasteiger partial charge is 0.442 e. The van der Waals surface area contributed by atoms with Crippen LogP contribution in [-0.2, 0) is 9.57 Å². The molecule has 16 heavy (non-hydrogen) atoms. The molecule has 1 unspecified atom stereocenters. The lowest BCUT2D eigenvalue weighted by Gasteiger charge is -2.22. The summed E-state index contributed by atoms with van der Waals surface area (Å²) in [6.45, 7) is 3.91. The highest BCUT2D eigenvalue weighted by Crippen LogP contribution is 2.21. The molecule has 0 heterocycles. The van der Waals surface area contributed by atoms with E-state index in [1.807, 2.05) is 0 Å². The van der Waals surface area contributed by atoms with Crippen LogP contribution in [0.25, 0.3) is 0 Å². The predicted molar refractivity (Wildman–Crippen MR) is 49.4 cm³/mol. The normalized spacial score (nSPS) is 14.4. The smallest absolute Gasteiger partial charge is 0.431 e. The van der Waals surface area contributed by atoms with Crippen LogP contribution in [-0.4, -0.2) is 30.5 Å². The first-order chi connectivity index (χ1) is 7.06. The molecule has 5 nitrogen and oxygen atoms in total. The van der Waals surface area contributed by atoms with Gasteiger partial charge in [-0.1, -0.05) is 0 Å². The highest BCUT2D eigenvalue weighted by Gasteiger charge is 2.40. The first-order valence-electron chi connectivity index (χ1n) is 4.47. The van der Waals surface area contributed by atoms with Gasteiger partial charge in [0.25, 0.3) is 0 Å². The Hall–Kier alpha value is -1.02. The van der Waals surface area contributed by atoms with Crippen molar-refractivity contribution in [2.45, 2.75) is 38.7 Å². The summed E-state index contributed by atoms with van der Waals surface area (Å²) in [7, 11) is 0. The Bertz CT molecular complexity index is 238. The Kier molecular flexibility index (Phi) is 5.01. The van der Waals surface area contributed by atoms with Crippen LogP contribution in [0.5, 0.6) is 0 Å². The SMILES string of the molecule is CC(C)(C)OC(=O)NOC(CN)C(F)(F)F. The average Bonchev–Trinajstić information content (AvgIpc) is 1.98. The minimum atomic E-state index is -4.64. The third-order valence-electron chi connectivity index (χ3n) is 1.26. The van der Waals surface area contributed by atoms with Crippen LogP contribution in [0, 0.1) is 0 Å². The number of carbonyl (C=O) groups excluding carboxylic acids is 1. The number of hydroxylamine groups is 1. The standard InChI is InChI=1S/C8H15F3N2O3/c1-7(2,3)15-6(14)13-16-5(4-12)8(9,10)11/h5H,4,12H2,1-3H3,(H,13,14). The molecule has 0 spiro atoms. The maximum atomic E-state index is 12.1. The lowest BCUT2D eigenvalue weighted by Crippen LogP contribution is -2.44. The Labute approximate surface area is 91.0 Å². The van der Waals surface area contributed by atoms with Gasteiger partial charge in [0.1, 0.15) is 5.60 Å². The first kappa shape index (κ1) is 15.0. The number of hydrogen-bond acceptors (Lipinski definition) is 4. The Morgan fingerprint density at radius 1 is 1.38 bits per heavy atom. The molecule has 0 fully saturated rings. The van der Waals surface area contributed by atoms with Crippen molar-refractivity contribution in [2.24, 2.45) is 5.73 Å². The number of nitrogens with two attached hydrogens (primary N) is 1. The lowest BCUT2D eigenvalue weighted by molar-refractivity contribution is -0.230. The summed E-state index contributed by atoms with van der Waals surface area (Å²) < 4.78 is 41.0. The Morgan fingerprint density at radius 2 is 1.88 bits per heavy atom. The van der Waals surface area contributed by atoms with Crippen LogP contribution >= 0.6 is 0 Å². The van der Waals surface area contributed by atoms with E-state index in [4.69, 9.17) is 5.73 Å². The maximum absolute atomic E-state index is 12.1. The Balaban J connectivity index is 4.09. The minimum Gasteiger partial charge on any atom is -0.442 e. The minimum absolute atomic E-state index is 0.792. The highest BCUT2D eigenvalue weighted by molar-refractivity contribution is 5.66. The van der Waals surface area contributed by atoms with E-state index in [9.17, 15) is 18.0 Å². The van der Waals surface area contributed by atoms with E-state index in [-0.39, 0.29) is 0 Å². The Morgan fingerprint density at radius 3 is 2.19 bits per heavy atom. The third kappa shape index (κ3) is 6.46. The third-order valence-corrected chi connectivity index (χ3v) is 1.26. The zero-order valence-electron chi connectivity index (χ0n) is 9.22. The van der Waals surface area contributed by atoms with Crippen LogP contribution in [0.2, 0.25) is 0 Å². The van der Waals surface area contributed by atoms with Gasteiger partial charge in [-0.3, -0.25) is 4.84 Å². The summed E-state index contributed by atoms with van der Waals surface area (Å²) in [6, 6.07) is 0. The van der Waals surface area contributed by atoms with E-state index in [1.54, 1.807) is 20.8 Å². The summed E-state index contributed by atoms with van der Waals surface area (Å²) in [5.74, 6) is 0. The molecule has 0 aromatic carbocycles. The van der Waals surface area contributed by atoms with Crippen LogP contribution in [0.1, 0.15) is 20.8 Å². The molecule has 0 aliphatic carbocycles. The van der Waals surface area contributed by atoms with E-state index in [1.165, 1.54) is 5.48 Å². The average molecular weight is 244 g/mol. The lowest BCUT2D eigenvalue weighted by atomic mass is 10.2. The van der Waals surface area contributed by atoms with E-state index in [0.29, 0.717) is 0 Å². The molecule has 0 bridgehead atoms. The van der Waals surface area contributed by atoms with Gasteiger partial charge in [-0.2, -0.15) is 18.7 Å². The van der Waals surface area contributed by atoms with Crippen molar-refractivity contribution in [1.29, 1.82) is 0 Å². The second-order valence-corrected chi connectivity index (χ2v) is 3.99. The molecule has 0 aromatic heterocycles. The monoisotopic (exact) mass is 244 g/mol. The van der Waals surface area contributed by atoms with E-state index in [2.05, 4.69) is 9.57 Å². The highest BCUT2D eigenvalue weighted by atomic mass is 19.4. The van der Waals surface area contributed by atoms with Crippen LogP contribution in [0.4, 0.5) is 18.0 Å². The fraction of sp³-hybridized carbons (Fsp3) is 0.875. The number of carbonyl (C=O) groups is 1. The number of nitrogens with one attached hydrogen (secondary N) is 1. The van der Waals surface area contributed by atoms with Crippen molar-refractivity contribution in [2.75, 3.05) is 6.54 Å². The van der Waals surface area contributed by atoms with E-state index < -0.39 is 30.5 Å². The molecule has 96 valence electrons. The van der Waals surface area contributed by atoms with Crippen LogP contribution in [0.15, 0.2) is 0 Å². The molecule has 0 aliphatic heterocycles. The zero-order chi connectivity index (χ0) is 13.0.